The predicted molar refractivity (Wildman–Crippen MR) is 119 cm³/mol. The number of carbonyl (C=O) groups is 3. The Morgan fingerprint density at radius 1 is 1.06 bits per heavy atom. The van der Waals surface area contributed by atoms with E-state index >= 15 is 0 Å². The topological polar surface area (TPSA) is 103 Å². The van der Waals surface area contributed by atoms with E-state index in [1.807, 2.05) is 6.07 Å². The number of carbonyl (C=O) groups excluding carboxylic acids is 3. The van der Waals surface area contributed by atoms with Crippen molar-refractivity contribution >= 4 is 23.5 Å². The summed E-state index contributed by atoms with van der Waals surface area (Å²) in [5.74, 6) is 0.435. The van der Waals surface area contributed by atoms with Crippen molar-refractivity contribution in [2.24, 2.45) is 0 Å². The molecule has 2 amide bonds. The third kappa shape index (κ3) is 6.47. The van der Waals surface area contributed by atoms with Crippen molar-refractivity contribution in [1.82, 2.24) is 5.32 Å². The summed E-state index contributed by atoms with van der Waals surface area (Å²) in [5, 5.41) is 5.66. The smallest absolute Gasteiger partial charge is 0.308 e. The Balaban J connectivity index is 1.63. The number of rotatable bonds is 9. The van der Waals surface area contributed by atoms with E-state index in [1.165, 1.54) is 0 Å². The highest BCUT2D eigenvalue weighted by Gasteiger charge is 2.21. The Hall–Kier alpha value is -3.55. The van der Waals surface area contributed by atoms with E-state index in [-0.39, 0.29) is 30.9 Å². The number of nitrogens with one attached hydrogen (secondary N) is 2. The molecule has 1 aliphatic rings. The van der Waals surface area contributed by atoms with Crippen LogP contribution < -0.4 is 20.1 Å². The second-order valence-electron chi connectivity index (χ2n) is 7.79. The lowest BCUT2D eigenvalue weighted by molar-refractivity contribution is -0.148. The monoisotopic (exact) mass is 440 g/mol. The van der Waals surface area contributed by atoms with Crippen LogP contribution in [-0.4, -0.2) is 37.6 Å². The van der Waals surface area contributed by atoms with Gasteiger partial charge in [0, 0.05) is 12.1 Å². The van der Waals surface area contributed by atoms with Crippen molar-refractivity contribution in [1.29, 1.82) is 0 Å². The molecule has 2 aromatic carbocycles. The van der Waals surface area contributed by atoms with Crippen molar-refractivity contribution in [3.05, 3.63) is 53.6 Å². The zero-order chi connectivity index (χ0) is 23.1. The number of methoxy groups -OCH3 is 1. The van der Waals surface area contributed by atoms with Crippen LogP contribution in [0, 0.1) is 0 Å². The maximum atomic E-state index is 12.6. The van der Waals surface area contributed by atoms with Crippen LogP contribution in [0.2, 0.25) is 0 Å². The number of amides is 2. The zero-order valence-corrected chi connectivity index (χ0v) is 18.5. The van der Waals surface area contributed by atoms with E-state index in [4.69, 9.17) is 14.2 Å². The van der Waals surface area contributed by atoms with Gasteiger partial charge in [0.05, 0.1) is 25.7 Å². The van der Waals surface area contributed by atoms with Gasteiger partial charge in [0.2, 0.25) is 5.91 Å². The molecule has 1 unspecified atom stereocenters. The van der Waals surface area contributed by atoms with Crippen molar-refractivity contribution in [3.63, 3.8) is 0 Å². The Morgan fingerprint density at radius 2 is 1.78 bits per heavy atom. The normalized spacial score (nSPS) is 13.6. The van der Waals surface area contributed by atoms with Gasteiger partial charge in [-0.25, -0.2) is 0 Å². The van der Waals surface area contributed by atoms with Crippen LogP contribution in [0.3, 0.4) is 0 Å². The summed E-state index contributed by atoms with van der Waals surface area (Å²) >= 11 is 0. The second-order valence-corrected chi connectivity index (χ2v) is 7.79. The molecule has 8 nitrogen and oxygen atoms in total. The van der Waals surface area contributed by atoms with Gasteiger partial charge in [0.25, 0.3) is 5.91 Å². The third-order valence-electron chi connectivity index (χ3n) is 4.93. The zero-order valence-electron chi connectivity index (χ0n) is 18.5. The van der Waals surface area contributed by atoms with Crippen LogP contribution in [-0.2, 0) is 25.5 Å². The van der Waals surface area contributed by atoms with Gasteiger partial charge in [-0.05, 0) is 61.7 Å². The van der Waals surface area contributed by atoms with Crippen molar-refractivity contribution in [2.45, 2.75) is 45.3 Å². The van der Waals surface area contributed by atoms with Crippen LogP contribution >= 0.6 is 0 Å². The van der Waals surface area contributed by atoms with Gasteiger partial charge in [0.15, 0.2) is 6.61 Å². The Labute approximate surface area is 187 Å². The fourth-order valence-corrected chi connectivity index (χ4v) is 3.40. The van der Waals surface area contributed by atoms with E-state index in [0.717, 1.165) is 16.8 Å². The first-order chi connectivity index (χ1) is 15.3. The molecule has 32 heavy (non-hydrogen) atoms. The summed E-state index contributed by atoms with van der Waals surface area (Å²) in [4.78, 5) is 36.3. The SMILES string of the molecule is COc1ccc(C(CC(=O)OC(C)C)NC(=O)COc2ccc3c(c2)CCC(=O)N3)cc1. The van der Waals surface area contributed by atoms with Crippen molar-refractivity contribution < 1.29 is 28.6 Å². The fourth-order valence-electron chi connectivity index (χ4n) is 3.40. The number of esters is 1. The van der Waals surface area contributed by atoms with E-state index in [1.54, 1.807) is 57.4 Å². The maximum Gasteiger partial charge on any atom is 0.308 e. The van der Waals surface area contributed by atoms with Crippen molar-refractivity contribution in [3.8, 4) is 11.5 Å². The van der Waals surface area contributed by atoms with Gasteiger partial charge in [-0.3, -0.25) is 14.4 Å². The summed E-state index contributed by atoms with van der Waals surface area (Å²) in [7, 11) is 1.57. The molecule has 1 atom stereocenters. The molecule has 0 bridgehead atoms. The van der Waals surface area contributed by atoms with Crippen LogP contribution in [0.5, 0.6) is 11.5 Å². The number of fused-ring (bicyclic) bond motifs is 1. The molecule has 0 saturated heterocycles. The molecule has 2 aromatic rings. The van der Waals surface area contributed by atoms with Gasteiger partial charge in [-0.15, -0.1) is 0 Å². The molecular formula is C24H28N2O6. The summed E-state index contributed by atoms with van der Waals surface area (Å²) in [6.07, 6.45) is 0.802. The van der Waals surface area contributed by atoms with Gasteiger partial charge in [-0.1, -0.05) is 12.1 Å². The lowest BCUT2D eigenvalue weighted by Gasteiger charge is -2.20. The summed E-state index contributed by atoms with van der Waals surface area (Å²) in [5.41, 5.74) is 2.49. The molecule has 2 N–H and O–H groups in total. The summed E-state index contributed by atoms with van der Waals surface area (Å²) in [6.45, 7) is 3.34. The number of aryl methyl sites for hydroxylation is 1. The lowest BCUT2D eigenvalue weighted by Crippen LogP contribution is -2.34. The highest BCUT2D eigenvalue weighted by Crippen LogP contribution is 2.27. The molecule has 0 spiro atoms. The largest absolute Gasteiger partial charge is 0.497 e. The molecule has 0 aliphatic carbocycles. The fraction of sp³-hybridized carbons (Fsp3) is 0.375. The molecular weight excluding hydrogens is 412 g/mol. The first-order valence-corrected chi connectivity index (χ1v) is 10.5. The Morgan fingerprint density at radius 3 is 2.47 bits per heavy atom. The standard InChI is InChI=1S/C24H28N2O6/c1-15(2)32-24(29)13-21(16-4-7-18(30-3)8-5-16)26-23(28)14-31-19-9-10-20-17(12-19)6-11-22(27)25-20/h4-5,7-10,12,15,21H,6,11,13-14H2,1-3H3,(H,25,27)(H,26,28). The molecule has 0 fully saturated rings. The van der Waals surface area contributed by atoms with E-state index < -0.39 is 12.0 Å². The first-order valence-electron chi connectivity index (χ1n) is 10.5. The number of benzene rings is 2. The lowest BCUT2D eigenvalue weighted by atomic mass is 10.0. The highest BCUT2D eigenvalue weighted by atomic mass is 16.5. The quantitative estimate of drug-likeness (QED) is 0.581. The maximum absolute atomic E-state index is 12.6. The highest BCUT2D eigenvalue weighted by molar-refractivity contribution is 5.94. The van der Waals surface area contributed by atoms with Gasteiger partial charge < -0.3 is 24.8 Å². The van der Waals surface area contributed by atoms with Crippen LogP contribution in [0.25, 0.3) is 0 Å². The van der Waals surface area contributed by atoms with E-state index in [2.05, 4.69) is 10.6 Å². The van der Waals surface area contributed by atoms with E-state index in [0.29, 0.717) is 24.3 Å². The molecule has 1 heterocycles. The number of ether oxygens (including phenoxy) is 3. The molecule has 0 radical (unpaired) electrons. The minimum atomic E-state index is -0.568. The van der Waals surface area contributed by atoms with Crippen LogP contribution in [0.4, 0.5) is 5.69 Å². The van der Waals surface area contributed by atoms with Gasteiger partial charge >= 0.3 is 5.97 Å². The van der Waals surface area contributed by atoms with Crippen LogP contribution in [0.15, 0.2) is 42.5 Å². The molecule has 8 heteroatoms. The Bertz CT molecular complexity index is 971. The molecule has 0 saturated carbocycles. The summed E-state index contributed by atoms with van der Waals surface area (Å²) in [6, 6.07) is 11.9. The van der Waals surface area contributed by atoms with Gasteiger partial charge in [-0.2, -0.15) is 0 Å². The average molecular weight is 440 g/mol. The first kappa shape index (κ1) is 23.1. The molecule has 0 aromatic heterocycles. The second kappa shape index (κ2) is 10.7. The molecule has 1 aliphatic heterocycles. The Kier molecular flexibility index (Phi) is 7.70. The predicted octanol–water partition coefficient (Wildman–Crippen LogP) is 3.16. The number of anilines is 1. The van der Waals surface area contributed by atoms with E-state index in [9.17, 15) is 14.4 Å². The minimum Gasteiger partial charge on any atom is -0.497 e. The minimum absolute atomic E-state index is 0.00517. The van der Waals surface area contributed by atoms with Gasteiger partial charge in [0.1, 0.15) is 11.5 Å². The van der Waals surface area contributed by atoms with Crippen molar-refractivity contribution in [2.75, 3.05) is 19.0 Å². The number of hydrogen-bond donors (Lipinski definition) is 2. The number of hydrogen-bond acceptors (Lipinski definition) is 6. The average Bonchev–Trinajstić information content (AvgIpc) is 2.76. The third-order valence-corrected chi connectivity index (χ3v) is 4.93. The molecule has 170 valence electrons. The summed E-state index contributed by atoms with van der Waals surface area (Å²) < 4.78 is 16.1. The van der Waals surface area contributed by atoms with Crippen LogP contribution in [0.1, 0.15) is 43.9 Å². The molecule has 3 rings (SSSR count).